The Hall–Kier alpha value is 0.350. The van der Waals surface area contributed by atoms with Gasteiger partial charge < -0.3 is 0 Å². The second kappa shape index (κ2) is 4.18. The monoisotopic (exact) mass is 252 g/mol. The lowest BCUT2D eigenvalue weighted by Gasteiger charge is -2.72. The normalized spacial score (nSPS) is 53.3. The zero-order chi connectivity index (χ0) is 12.2. The van der Waals surface area contributed by atoms with Crippen LogP contribution in [-0.4, -0.2) is 5.75 Å². The maximum atomic E-state index is 4.62. The van der Waals surface area contributed by atoms with E-state index in [1.165, 1.54) is 32.1 Å². The minimum absolute atomic E-state index is 0.734. The van der Waals surface area contributed by atoms with Crippen LogP contribution in [0.15, 0.2) is 0 Å². The van der Waals surface area contributed by atoms with Crippen LogP contribution in [0.2, 0.25) is 0 Å². The van der Waals surface area contributed by atoms with E-state index in [4.69, 9.17) is 0 Å². The van der Waals surface area contributed by atoms with Crippen molar-refractivity contribution in [3.8, 4) is 0 Å². The molecule has 98 valence electrons. The molecule has 1 heteroatoms. The Kier molecular flexibility index (Phi) is 3.05. The Bertz CT molecular complexity index is 300. The van der Waals surface area contributed by atoms with E-state index < -0.39 is 0 Å². The topological polar surface area (TPSA) is 0 Å². The lowest BCUT2D eigenvalue weighted by molar-refractivity contribution is -0.238. The van der Waals surface area contributed by atoms with Crippen molar-refractivity contribution in [1.29, 1.82) is 0 Å². The van der Waals surface area contributed by atoms with Crippen LogP contribution in [0.1, 0.15) is 52.9 Å². The second-order valence-electron chi connectivity index (χ2n) is 7.39. The van der Waals surface area contributed by atoms with E-state index in [2.05, 4.69) is 33.4 Å². The van der Waals surface area contributed by atoms with Crippen LogP contribution in [0, 0.1) is 40.9 Å². The van der Waals surface area contributed by atoms with Crippen LogP contribution in [-0.2, 0) is 0 Å². The van der Waals surface area contributed by atoms with Gasteiger partial charge in [0.2, 0.25) is 0 Å². The Morgan fingerprint density at radius 2 is 1.94 bits per heavy atom. The van der Waals surface area contributed by atoms with Crippen molar-refractivity contribution in [2.45, 2.75) is 52.9 Å². The fraction of sp³-hybridized carbons (Fsp3) is 1.00. The molecule has 3 saturated carbocycles. The van der Waals surface area contributed by atoms with Crippen molar-refractivity contribution in [3.63, 3.8) is 0 Å². The van der Waals surface area contributed by atoms with Gasteiger partial charge in [-0.3, -0.25) is 0 Å². The second-order valence-corrected chi connectivity index (χ2v) is 7.76. The summed E-state index contributed by atoms with van der Waals surface area (Å²) in [5, 5.41) is 0. The minimum Gasteiger partial charge on any atom is -0.179 e. The third kappa shape index (κ3) is 1.50. The molecule has 6 unspecified atom stereocenters. The molecule has 0 aromatic carbocycles. The van der Waals surface area contributed by atoms with Crippen LogP contribution in [0.4, 0.5) is 0 Å². The van der Waals surface area contributed by atoms with Crippen molar-refractivity contribution in [2.75, 3.05) is 5.75 Å². The molecule has 0 aromatic rings. The van der Waals surface area contributed by atoms with Gasteiger partial charge in [0.05, 0.1) is 0 Å². The summed E-state index contributed by atoms with van der Waals surface area (Å²) >= 11 is 4.62. The zero-order valence-corrected chi connectivity index (χ0v) is 12.5. The van der Waals surface area contributed by atoms with Gasteiger partial charge in [0.1, 0.15) is 0 Å². The van der Waals surface area contributed by atoms with Crippen LogP contribution < -0.4 is 0 Å². The van der Waals surface area contributed by atoms with E-state index in [-0.39, 0.29) is 0 Å². The van der Waals surface area contributed by atoms with Crippen molar-refractivity contribution >= 4 is 12.6 Å². The molecular weight excluding hydrogens is 224 g/mol. The molecule has 0 radical (unpaired) electrons. The summed E-state index contributed by atoms with van der Waals surface area (Å²) in [4.78, 5) is 0. The maximum Gasteiger partial charge on any atom is -0.00666 e. The van der Waals surface area contributed by atoms with Crippen LogP contribution in [0.5, 0.6) is 0 Å². The first-order valence-corrected chi connectivity index (χ1v) is 8.37. The molecule has 0 spiro atoms. The van der Waals surface area contributed by atoms with Gasteiger partial charge in [0.15, 0.2) is 0 Å². The first-order valence-electron chi connectivity index (χ1n) is 7.73. The van der Waals surface area contributed by atoms with Gasteiger partial charge in [0, 0.05) is 0 Å². The molecule has 3 fully saturated rings. The van der Waals surface area contributed by atoms with E-state index in [1.807, 2.05) is 0 Å². The molecule has 0 bridgehead atoms. The average Bonchev–Trinajstić information content (AvgIpc) is 2.66. The first kappa shape index (κ1) is 12.4. The number of thiol groups is 1. The van der Waals surface area contributed by atoms with Crippen molar-refractivity contribution < 1.29 is 0 Å². The molecule has 0 aliphatic heterocycles. The van der Waals surface area contributed by atoms with Crippen LogP contribution in [0.25, 0.3) is 0 Å². The largest absolute Gasteiger partial charge is 0.179 e. The standard InChI is InChI=1S/C16H28S/c1-4-5-11(9-17)13-8-15-12-6-10(2)7-14(12)16(13,15)3/h10-15,17H,4-9H2,1-3H3/t10?,11?,12?,13?,14-,15?,16?/m0/s1. The molecule has 0 nitrogen and oxygen atoms in total. The predicted molar refractivity (Wildman–Crippen MR) is 77.3 cm³/mol. The zero-order valence-electron chi connectivity index (χ0n) is 11.7. The molecule has 17 heavy (non-hydrogen) atoms. The van der Waals surface area contributed by atoms with Gasteiger partial charge in [-0.25, -0.2) is 0 Å². The van der Waals surface area contributed by atoms with Gasteiger partial charge in [0.25, 0.3) is 0 Å². The molecular formula is C16H28S. The highest BCUT2D eigenvalue weighted by Gasteiger charge is 2.70. The molecule has 0 aromatic heterocycles. The molecule has 3 rings (SSSR count). The number of hydrogen-bond donors (Lipinski definition) is 1. The summed E-state index contributed by atoms with van der Waals surface area (Å²) in [7, 11) is 0. The fourth-order valence-electron chi connectivity index (χ4n) is 5.95. The van der Waals surface area contributed by atoms with Crippen LogP contribution in [0.3, 0.4) is 0 Å². The summed E-state index contributed by atoms with van der Waals surface area (Å²) in [5.74, 6) is 7.34. The average molecular weight is 252 g/mol. The summed E-state index contributed by atoms with van der Waals surface area (Å²) in [6.07, 6.45) is 7.35. The highest BCUT2D eigenvalue weighted by atomic mass is 32.1. The van der Waals surface area contributed by atoms with Gasteiger partial charge in [-0.1, -0.05) is 27.2 Å². The van der Waals surface area contributed by atoms with E-state index in [9.17, 15) is 0 Å². The van der Waals surface area contributed by atoms with E-state index in [0.29, 0.717) is 0 Å². The van der Waals surface area contributed by atoms with Crippen molar-refractivity contribution in [3.05, 3.63) is 0 Å². The van der Waals surface area contributed by atoms with E-state index in [1.54, 1.807) is 0 Å². The van der Waals surface area contributed by atoms with Crippen LogP contribution >= 0.6 is 12.6 Å². The van der Waals surface area contributed by atoms with Crippen molar-refractivity contribution in [1.82, 2.24) is 0 Å². The highest BCUT2D eigenvalue weighted by Crippen LogP contribution is 2.77. The Morgan fingerprint density at radius 3 is 2.59 bits per heavy atom. The molecule has 7 atom stereocenters. The number of hydrogen-bond acceptors (Lipinski definition) is 1. The summed E-state index contributed by atoms with van der Waals surface area (Å²) in [6, 6.07) is 0. The lowest BCUT2D eigenvalue weighted by atomic mass is 9.33. The van der Waals surface area contributed by atoms with Crippen molar-refractivity contribution in [2.24, 2.45) is 40.9 Å². The summed E-state index contributed by atoms with van der Waals surface area (Å²) in [6.45, 7) is 7.42. The fourth-order valence-corrected chi connectivity index (χ4v) is 6.38. The molecule has 0 N–H and O–H groups in total. The number of fused-ring (bicyclic) bond motifs is 4. The third-order valence-electron chi connectivity index (χ3n) is 6.73. The molecule has 0 saturated heterocycles. The lowest BCUT2D eigenvalue weighted by Crippen LogP contribution is -2.66. The maximum absolute atomic E-state index is 4.62. The Morgan fingerprint density at radius 1 is 1.24 bits per heavy atom. The number of rotatable bonds is 4. The van der Waals surface area contributed by atoms with E-state index in [0.717, 1.165) is 46.7 Å². The minimum atomic E-state index is 0.734. The van der Waals surface area contributed by atoms with Gasteiger partial charge in [-0.05, 0) is 72.4 Å². The summed E-state index contributed by atoms with van der Waals surface area (Å²) in [5.41, 5.74) is 0.734. The first-order chi connectivity index (χ1) is 8.12. The molecule has 0 heterocycles. The Balaban J connectivity index is 1.71. The predicted octanol–water partition coefficient (Wildman–Crippen LogP) is 4.65. The smallest absolute Gasteiger partial charge is 0.00666 e. The van der Waals surface area contributed by atoms with Gasteiger partial charge in [-0.15, -0.1) is 0 Å². The summed E-state index contributed by atoms with van der Waals surface area (Å²) < 4.78 is 0. The molecule has 0 amide bonds. The third-order valence-corrected chi connectivity index (χ3v) is 7.20. The highest BCUT2D eigenvalue weighted by molar-refractivity contribution is 7.80. The SMILES string of the molecule is CCCC(CS)C1CC2C3CC(C)C[C@@H]3C12C. The van der Waals surface area contributed by atoms with Gasteiger partial charge >= 0.3 is 0 Å². The van der Waals surface area contributed by atoms with Gasteiger partial charge in [-0.2, -0.15) is 12.6 Å². The molecule has 3 aliphatic carbocycles. The van der Waals surface area contributed by atoms with E-state index >= 15 is 0 Å². The quantitative estimate of drug-likeness (QED) is 0.692. The molecule has 3 aliphatic rings. The Labute approximate surface area is 112 Å².